The monoisotopic (exact) mass is 938 g/mol. The fourth-order valence-corrected chi connectivity index (χ4v) is 15.4. The van der Waals surface area contributed by atoms with Crippen LogP contribution in [0.4, 0.5) is 0 Å². The van der Waals surface area contributed by atoms with Crippen LogP contribution in [0, 0.1) is 50.2 Å². The number of hydrogen-bond donors (Lipinski definition) is 9. The van der Waals surface area contributed by atoms with Crippen molar-refractivity contribution in [2.24, 2.45) is 50.2 Å². The average molecular weight is 938 g/mol. The third kappa shape index (κ3) is 7.31. The first-order valence-electron chi connectivity index (χ1n) is 24.3. The molecule has 0 aromatic rings. The van der Waals surface area contributed by atoms with Crippen molar-refractivity contribution in [1.82, 2.24) is 5.32 Å². The van der Waals surface area contributed by atoms with E-state index in [1.165, 1.54) is 12.5 Å². The Bertz CT molecular complexity index is 1900. The summed E-state index contributed by atoms with van der Waals surface area (Å²) < 4.78 is 42.1. The van der Waals surface area contributed by atoms with E-state index in [1.807, 2.05) is 0 Å². The van der Waals surface area contributed by atoms with Crippen molar-refractivity contribution in [2.45, 2.75) is 205 Å². The van der Waals surface area contributed by atoms with Gasteiger partial charge in [-0.2, -0.15) is 0 Å². The molecule has 9 N–H and O–H groups in total. The number of amides is 1. The van der Waals surface area contributed by atoms with Crippen LogP contribution in [-0.2, 0) is 42.7 Å². The fourth-order valence-electron chi connectivity index (χ4n) is 15.4. The Hall–Kier alpha value is -1.88. The number of nitrogens with one attached hydrogen (secondary N) is 1. The predicted octanol–water partition coefficient (Wildman–Crippen LogP) is 0.550. The summed E-state index contributed by atoms with van der Waals surface area (Å²) in [6.45, 7) is 16.1. The predicted molar refractivity (Wildman–Crippen MR) is 229 cm³/mol. The van der Waals surface area contributed by atoms with Crippen LogP contribution in [-0.4, -0.2) is 171 Å². The first kappa shape index (κ1) is 49.1. The van der Waals surface area contributed by atoms with Gasteiger partial charge in [-0.15, -0.1) is 0 Å². The number of hydrogen-bond acceptors (Lipinski definition) is 17. The number of carbonyl (C=O) groups is 2. The molecule has 0 aromatic carbocycles. The second kappa shape index (κ2) is 16.9. The molecule has 18 heteroatoms. The van der Waals surface area contributed by atoms with E-state index in [2.05, 4.69) is 59.9 Å². The van der Waals surface area contributed by atoms with Gasteiger partial charge < -0.3 is 79.3 Å². The molecule has 8 fully saturated rings. The van der Waals surface area contributed by atoms with E-state index in [4.69, 9.17) is 33.2 Å². The van der Waals surface area contributed by atoms with Gasteiger partial charge in [0.2, 0.25) is 5.91 Å². The van der Waals surface area contributed by atoms with E-state index in [1.54, 1.807) is 0 Å². The van der Waals surface area contributed by atoms with Crippen LogP contribution < -0.4 is 5.32 Å². The number of carbonyl (C=O) groups excluding carboxylic acids is 2. The van der Waals surface area contributed by atoms with E-state index in [-0.39, 0.29) is 64.7 Å². The van der Waals surface area contributed by atoms with Gasteiger partial charge in [-0.1, -0.05) is 60.1 Å². The Balaban J connectivity index is 0.925. The third-order valence-electron chi connectivity index (χ3n) is 19.4. The maximum atomic E-state index is 13.7. The normalized spacial score (nSPS) is 53.8. The van der Waals surface area contributed by atoms with Crippen molar-refractivity contribution in [1.29, 1.82) is 0 Å². The molecule has 374 valence electrons. The maximum Gasteiger partial charge on any atom is 0.315 e. The topological polar surface area (TPSA) is 273 Å². The van der Waals surface area contributed by atoms with E-state index >= 15 is 0 Å². The molecule has 9 aliphatic rings. The van der Waals surface area contributed by atoms with Crippen LogP contribution >= 0.6 is 0 Å². The molecule has 1 spiro atoms. The van der Waals surface area contributed by atoms with Gasteiger partial charge in [-0.05, 0) is 84.4 Å². The minimum absolute atomic E-state index is 0.0769. The molecule has 5 aliphatic carbocycles. The van der Waals surface area contributed by atoms with Gasteiger partial charge in [0.05, 0.1) is 32.0 Å². The summed E-state index contributed by atoms with van der Waals surface area (Å²) in [7, 11) is 0. The Morgan fingerprint density at radius 1 is 0.773 bits per heavy atom. The van der Waals surface area contributed by atoms with Crippen molar-refractivity contribution in [2.75, 3.05) is 19.8 Å². The zero-order chi connectivity index (χ0) is 47.8. The van der Waals surface area contributed by atoms with Crippen molar-refractivity contribution >= 4 is 11.9 Å². The minimum atomic E-state index is -1.71. The molecule has 2 bridgehead atoms. The lowest BCUT2D eigenvalue weighted by atomic mass is 9.33. The molecule has 1 amide bonds. The highest BCUT2D eigenvalue weighted by molar-refractivity contribution is 5.82. The molecule has 4 saturated carbocycles. The average Bonchev–Trinajstić information content (AvgIpc) is 3.57. The highest BCUT2D eigenvalue weighted by atomic mass is 16.8. The fraction of sp³-hybridized carbons (Fsp3) is 0.917. The van der Waals surface area contributed by atoms with Gasteiger partial charge in [0.1, 0.15) is 72.5 Å². The second-order valence-electron chi connectivity index (χ2n) is 23.6. The molecule has 0 radical (unpaired) electrons. The Kier molecular flexibility index (Phi) is 12.6. The summed E-state index contributed by atoms with van der Waals surface area (Å²) in [5, 5.41) is 89.8. The van der Waals surface area contributed by atoms with Gasteiger partial charge in [0.25, 0.3) is 0 Å². The van der Waals surface area contributed by atoms with Gasteiger partial charge >= 0.3 is 5.97 Å². The van der Waals surface area contributed by atoms with Crippen LogP contribution in [0.5, 0.6) is 0 Å². The number of esters is 1. The summed E-state index contributed by atoms with van der Waals surface area (Å²) in [5.74, 6) is -0.317. The van der Waals surface area contributed by atoms with Gasteiger partial charge in [0, 0.05) is 18.8 Å². The molecule has 66 heavy (non-hydrogen) atoms. The van der Waals surface area contributed by atoms with Crippen molar-refractivity contribution in [3.05, 3.63) is 11.6 Å². The summed E-state index contributed by atoms with van der Waals surface area (Å²) in [5.41, 5.74) is -0.823. The molecule has 18 nitrogen and oxygen atoms in total. The van der Waals surface area contributed by atoms with Crippen LogP contribution in [0.3, 0.4) is 0 Å². The largest absolute Gasteiger partial charge is 0.461 e. The molecule has 2 unspecified atom stereocenters. The molecule has 4 saturated heterocycles. The number of allylic oxidation sites excluding steroid dienone is 2. The lowest BCUT2D eigenvalue weighted by molar-refractivity contribution is -0.352. The van der Waals surface area contributed by atoms with E-state index < -0.39 is 115 Å². The number of fused-ring (bicyclic) bond motifs is 7. The van der Waals surface area contributed by atoms with Crippen LogP contribution in [0.1, 0.15) is 107 Å². The zero-order valence-corrected chi connectivity index (χ0v) is 39.6. The van der Waals surface area contributed by atoms with Gasteiger partial charge in [-0.3, -0.25) is 9.59 Å². The highest BCUT2D eigenvalue weighted by Gasteiger charge is 2.74. The maximum absolute atomic E-state index is 13.7. The molecule has 0 aromatic heterocycles. The molecular weight excluding hydrogens is 863 g/mol. The summed E-state index contributed by atoms with van der Waals surface area (Å²) in [6.07, 6.45) is -10.7. The molecule has 9 rings (SSSR count). The highest BCUT2D eigenvalue weighted by Crippen LogP contribution is 2.76. The first-order chi connectivity index (χ1) is 30.8. The summed E-state index contributed by atoms with van der Waals surface area (Å²) in [4.78, 5) is 26.3. The molecule has 23 atom stereocenters. The van der Waals surface area contributed by atoms with Crippen LogP contribution in [0.15, 0.2) is 11.6 Å². The zero-order valence-electron chi connectivity index (χ0n) is 39.6. The van der Waals surface area contributed by atoms with Crippen LogP contribution in [0.2, 0.25) is 0 Å². The third-order valence-corrected chi connectivity index (χ3v) is 19.4. The Morgan fingerprint density at radius 2 is 1.45 bits per heavy atom. The van der Waals surface area contributed by atoms with Gasteiger partial charge in [0.15, 0.2) is 18.9 Å². The lowest BCUT2D eigenvalue weighted by Gasteiger charge is -2.71. The lowest BCUT2D eigenvalue weighted by Crippen LogP contribution is -2.68. The van der Waals surface area contributed by atoms with Crippen molar-refractivity contribution in [3.63, 3.8) is 0 Å². The smallest absolute Gasteiger partial charge is 0.315 e. The standard InChI is InChI=1S/C48H75NO17/c1-21(50)49-32-36(57)35(56)26(20-62-41-38(34(55)25(52)19-61-41)66-40-37(58)33(54)24(51)18-60-40)63-39(32)64-30-12-13-45(6)27(44(30,4)5)11-14-46(7)28(45)10-9-22-23-15-43(2,3)31-17-48(23,42(59)65-31)29(53)16-47(22,46)8/h9,23-41,51-58H,10-20H2,1-8H3,(H,49,50)/t23-,24-,25-,26+,27-,28+,29+,30-,31-,32+,33-,34-,35?,36?,37+,38+,39-,40-,41-,45-,46+,47+,48+/m0/s1. The van der Waals surface area contributed by atoms with Crippen molar-refractivity contribution < 1.29 is 83.6 Å². The SMILES string of the molecule is CC(=O)N[C@@H]1C(O)C(O)[C@@H](CO[C@@H]2OC[C@H](O)[C@H](O)[C@H]2O[C@@H]2OC[C@H](O)[C@H](O)[C@H]2O)O[C@H]1O[C@H]1CC[C@]2(C)[C@H]3CC=C4[C@@H]5CC(C)(C)[C@@H]6C[C@]5(C(=O)O6)[C@H](O)C[C@@]4(C)[C@]3(C)CC[C@H]2C1(C)C. The van der Waals surface area contributed by atoms with E-state index in [0.717, 1.165) is 32.1 Å². The first-order valence-corrected chi connectivity index (χ1v) is 24.3. The second-order valence-corrected chi connectivity index (χ2v) is 23.6. The summed E-state index contributed by atoms with van der Waals surface area (Å²) >= 11 is 0. The molecule has 4 aliphatic heterocycles. The van der Waals surface area contributed by atoms with Crippen molar-refractivity contribution in [3.8, 4) is 0 Å². The number of rotatable bonds is 8. The van der Waals surface area contributed by atoms with E-state index in [9.17, 15) is 50.4 Å². The molecule has 4 heterocycles. The summed E-state index contributed by atoms with van der Waals surface area (Å²) in [6, 6.07) is -1.15. The molecular formula is C48H75NO17. The number of ether oxygens (including phenoxy) is 7. The minimum Gasteiger partial charge on any atom is -0.461 e. The Labute approximate surface area is 386 Å². The van der Waals surface area contributed by atoms with Gasteiger partial charge in [-0.25, -0.2) is 0 Å². The van der Waals surface area contributed by atoms with E-state index in [0.29, 0.717) is 19.3 Å². The quantitative estimate of drug-likeness (QED) is 0.0914. The van der Waals surface area contributed by atoms with Crippen LogP contribution in [0.25, 0.3) is 0 Å². The number of aliphatic hydroxyl groups is 8. The Morgan fingerprint density at radius 3 is 2.15 bits per heavy atom. The number of aliphatic hydroxyl groups excluding tert-OH is 8.